The van der Waals surface area contributed by atoms with Gasteiger partial charge in [-0.15, -0.1) is 0 Å². The topological polar surface area (TPSA) is 50.8 Å². The summed E-state index contributed by atoms with van der Waals surface area (Å²) in [5.74, 6) is 0.830. The Morgan fingerprint density at radius 3 is 2.73 bits per heavy atom. The van der Waals surface area contributed by atoms with Gasteiger partial charge in [-0.2, -0.15) is 0 Å². The maximum absolute atomic E-state index is 13.2. The Morgan fingerprint density at radius 2 is 1.96 bits per heavy atom. The van der Waals surface area contributed by atoms with E-state index in [1.807, 2.05) is 67.3 Å². The van der Waals surface area contributed by atoms with E-state index >= 15 is 0 Å². The Morgan fingerprint density at radius 1 is 1.15 bits per heavy atom. The molecule has 1 aliphatic heterocycles. The minimum Gasteiger partial charge on any atom is -0.494 e. The van der Waals surface area contributed by atoms with Gasteiger partial charge in [-0.05, 0) is 44.5 Å². The predicted molar refractivity (Wildman–Crippen MR) is 103 cm³/mol. The largest absolute Gasteiger partial charge is 0.494 e. The summed E-state index contributed by atoms with van der Waals surface area (Å²) in [6.07, 6.45) is 0.771. The van der Waals surface area contributed by atoms with Crippen molar-refractivity contribution < 1.29 is 14.3 Å². The number of fused-ring (bicyclic) bond motifs is 1. The van der Waals surface area contributed by atoms with Crippen LogP contribution in [-0.2, 0) is 10.4 Å². The summed E-state index contributed by atoms with van der Waals surface area (Å²) in [5, 5.41) is 3.58. The fourth-order valence-corrected chi connectivity index (χ4v) is 3.43. The molecule has 2 aromatic rings. The zero-order valence-corrected chi connectivity index (χ0v) is 15.6. The number of hydrogen-bond acceptors (Lipinski definition) is 4. The van der Waals surface area contributed by atoms with Gasteiger partial charge in [-0.3, -0.25) is 4.79 Å². The highest BCUT2D eigenvalue weighted by atomic mass is 16.5. The highest BCUT2D eigenvalue weighted by Gasteiger charge is 2.42. The third-order valence-electron chi connectivity index (χ3n) is 4.76. The molecule has 5 heteroatoms. The molecule has 138 valence electrons. The van der Waals surface area contributed by atoms with Crippen molar-refractivity contribution in [1.29, 1.82) is 0 Å². The molecule has 0 spiro atoms. The van der Waals surface area contributed by atoms with E-state index in [1.54, 1.807) is 7.11 Å². The van der Waals surface area contributed by atoms with E-state index in [0.717, 1.165) is 23.4 Å². The van der Waals surface area contributed by atoms with E-state index in [4.69, 9.17) is 9.47 Å². The first-order valence-electron chi connectivity index (χ1n) is 9.01. The van der Waals surface area contributed by atoms with Crippen molar-refractivity contribution in [2.75, 3.05) is 32.2 Å². The van der Waals surface area contributed by atoms with Gasteiger partial charge in [0, 0.05) is 31.5 Å². The molecule has 1 atom stereocenters. The Labute approximate surface area is 154 Å². The number of hydrogen-bond donors (Lipinski definition) is 1. The third kappa shape index (κ3) is 3.40. The van der Waals surface area contributed by atoms with E-state index in [1.165, 1.54) is 0 Å². The van der Waals surface area contributed by atoms with Gasteiger partial charge in [0.1, 0.15) is 11.4 Å². The van der Waals surface area contributed by atoms with Gasteiger partial charge in [0.2, 0.25) is 0 Å². The number of carbonyl (C=O) groups is 1. The predicted octanol–water partition coefficient (Wildman–Crippen LogP) is 3.86. The molecule has 5 nitrogen and oxygen atoms in total. The van der Waals surface area contributed by atoms with E-state index < -0.39 is 5.66 Å². The first kappa shape index (κ1) is 18.3. The highest BCUT2D eigenvalue weighted by molar-refractivity contribution is 6.02. The Bertz CT molecular complexity index is 777. The van der Waals surface area contributed by atoms with Gasteiger partial charge in [-0.1, -0.05) is 24.3 Å². The minimum absolute atomic E-state index is 0.0276. The molecule has 0 saturated carbocycles. The summed E-state index contributed by atoms with van der Waals surface area (Å²) in [6, 6.07) is 15.6. The third-order valence-corrected chi connectivity index (χ3v) is 4.76. The smallest absolute Gasteiger partial charge is 0.258 e. The van der Waals surface area contributed by atoms with Gasteiger partial charge in [0.25, 0.3) is 5.91 Å². The van der Waals surface area contributed by atoms with Crippen LogP contribution in [0.4, 0.5) is 5.69 Å². The van der Waals surface area contributed by atoms with Gasteiger partial charge < -0.3 is 19.7 Å². The van der Waals surface area contributed by atoms with Crippen LogP contribution >= 0.6 is 0 Å². The van der Waals surface area contributed by atoms with Crippen molar-refractivity contribution in [3.05, 3.63) is 59.7 Å². The Kier molecular flexibility index (Phi) is 5.47. The molecule has 1 N–H and O–H groups in total. The molecule has 1 aliphatic rings. The first-order chi connectivity index (χ1) is 12.6. The van der Waals surface area contributed by atoms with Gasteiger partial charge in [0.15, 0.2) is 0 Å². The van der Waals surface area contributed by atoms with Crippen molar-refractivity contribution in [3.8, 4) is 5.75 Å². The lowest BCUT2D eigenvalue weighted by molar-refractivity contribution is 0.0504. The summed E-state index contributed by atoms with van der Waals surface area (Å²) < 4.78 is 10.8. The second kappa shape index (κ2) is 7.79. The second-order valence-corrected chi connectivity index (χ2v) is 6.51. The molecule has 0 saturated heterocycles. The lowest BCUT2D eigenvalue weighted by Crippen LogP contribution is -2.56. The zero-order valence-electron chi connectivity index (χ0n) is 15.6. The molecule has 26 heavy (non-hydrogen) atoms. The Hall–Kier alpha value is -2.53. The SMILES string of the molecule is CCOc1cccc(C2(C)Nc3ccccc3C(=O)N2CCCOC)c1. The molecule has 2 aromatic carbocycles. The van der Waals surface area contributed by atoms with Crippen LogP contribution in [0.1, 0.15) is 36.2 Å². The van der Waals surface area contributed by atoms with Crippen molar-refractivity contribution in [3.63, 3.8) is 0 Å². The fraction of sp³-hybridized carbons (Fsp3) is 0.381. The van der Waals surface area contributed by atoms with Gasteiger partial charge in [-0.25, -0.2) is 0 Å². The van der Waals surface area contributed by atoms with Crippen LogP contribution in [-0.4, -0.2) is 37.7 Å². The average Bonchev–Trinajstić information content (AvgIpc) is 2.65. The fourth-order valence-electron chi connectivity index (χ4n) is 3.43. The number of carbonyl (C=O) groups excluding carboxylic acids is 1. The molecule has 0 aromatic heterocycles. The summed E-state index contributed by atoms with van der Waals surface area (Å²) in [5.41, 5.74) is 1.88. The number of benzene rings is 2. The maximum Gasteiger partial charge on any atom is 0.258 e. The number of ether oxygens (including phenoxy) is 2. The van der Waals surface area contributed by atoms with E-state index in [-0.39, 0.29) is 5.91 Å². The summed E-state index contributed by atoms with van der Waals surface area (Å²) in [7, 11) is 1.68. The molecule has 1 unspecified atom stereocenters. The maximum atomic E-state index is 13.2. The Balaban J connectivity index is 2.03. The number of rotatable bonds is 7. The van der Waals surface area contributed by atoms with Crippen LogP contribution in [0.3, 0.4) is 0 Å². The van der Waals surface area contributed by atoms with Crippen molar-refractivity contribution in [2.45, 2.75) is 25.9 Å². The molecular formula is C21H26N2O3. The molecule has 0 aliphatic carbocycles. The number of anilines is 1. The van der Waals surface area contributed by atoms with E-state index in [9.17, 15) is 4.79 Å². The number of nitrogens with zero attached hydrogens (tertiary/aromatic N) is 1. The average molecular weight is 354 g/mol. The van der Waals surface area contributed by atoms with E-state index in [0.29, 0.717) is 25.3 Å². The monoisotopic (exact) mass is 354 g/mol. The molecule has 1 amide bonds. The normalized spacial score (nSPS) is 19.0. The quantitative estimate of drug-likeness (QED) is 0.767. The van der Waals surface area contributed by atoms with Crippen LogP contribution in [0.25, 0.3) is 0 Å². The highest BCUT2D eigenvalue weighted by Crippen LogP contribution is 2.38. The van der Waals surface area contributed by atoms with Crippen LogP contribution in [0.2, 0.25) is 0 Å². The molecule has 0 radical (unpaired) electrons. The first-order valence-corrected chi connectivity index (χ1v) is 9.01. The van der Waals surface area contributed by atoms with Gasteiger partial charge in [0.05, 0.1) is 12.2 Å². The lowest BCUT2D eigenvalue weighted by atomic mass is 9.93. The summed E-state index contributed by atoms with van der Waals surface area (Å²) in [4.78, 5) is 15.1. The molecule has 0 fully saturated rings. The van der Waals surface area contributed by atoms with Crippen LogP contribution < -0.4 is 10.1 Å². The summed E-state index contributed by atoms with van der Waals surface area (Å²) >= 11 is 0. The minimum atomic E-state index is -0.660. The van der Waals surface area contributed by atoms with Crippen LogP contribution in [0.5, 0.6) is 5.75 Å². The molecule has 0 bridgehead atoms. The number of nitrogens with one attached hydrogen (secondary N) is 1. The van der Waals surface area contributed by atoms with Crippen LogP contribution in [0, 0.1) is 0 Å². The standard InChI is InChI=1S/C21H26N2O3/c1-4-26-17-10-7-9-16(15-17)21(2)22-19-12-6-5-11-18(19)20(24)23(21)13-8-14-25-3/h5-7,9-12,15,22H,4,8,13-14H2,1-3H3. The summed E-state index contributed by atoms with van der Waals surface area (Å²) in [6.45, 7) is 5.82. The molecule has 1 heterocycles. The second-order valence-electron chi connectivity index (χ2n) is 6.51. The van der Waals surface area contributed by atoms with Crippen molar-refractivity contribution in [2.24, 2.45) is 0 Å². The number of methoxy groups -OCH3 is 1. The van der Waals surface area contributed by atoms with Crippen LogP contribution in [0.15, 0.2) is 48.5 Å². The van der Waals surface area contributed by atoms with Crippen molar-refractivity contribution in [1.82, 2.24) is 4.90 Å². The van der Waals surface area contributed by atoms with Crippen molar-refractivity contribution >= 4 is 11.6 Å². The lowest BCUT2D eigenvalue weighted by Gasteiger charge is -2.47. The van der Waals surface area contributed by atoms with E-state index in [2.05, 4.69) is 5.32 Å². The zero-order chi connectivity index (χ0) is 18.6. The number of para-hydroxylation sites is 1. The number of amides is 1. The molecule has 3 rings (SSSR count). The van der Waals surface area contributed by atoms with Gasteiger partial charge >= 0.3 is 0 Å². The molecular weight excluding hydrogens is 328 g/mol.